The summed E-state index contributed by atoms with van der Waals surface area (Å²) >= 11 is 0. The monoisotopic (exact) mass is 342 g/mol. The molecule has 0 bridgehead atoms. The number of methoxy groups -OCH3 is 1. The summed E-state index contributed by atoms with van der Waals surface area (Å²) in [4.78, 5) is 12.1. The molecule has 1 aliphatic rings. The molecule has 1 atom stereocenters. The zero-order valence-corrected chi connectivity index (χ0v) is 14.3. The van der Waals surface area contributed by atoms with Gasteiger partial charge in [-0.1, -0.05) is 0 Å². The van der Waals surface area contributed by atoms with E-state index in [1.54, 1.807) is 55.6 Å². The van der Waals surface area contributed by atoms with Gasteiger partial charge in [-0.05, 0) is 67.8 Å². The van der Waals surface area contributed by atoms with Crippen molar-refractivity contribution >= 4 is 5.97 Å². The smallest absolute Gasteiger partial charge is 0.343 e. The van der Waals surface area contributed by atoms with Gasteiger partial charge >= 0.3 is 5.97 Å². The molecule has 1 heterocycles. The van der Waals surface area contributed by atoms with Crippen LogP contribution in [0.4, 0.5) is 0 Å². The van der Waals surface area contributed by atoms with E-state index < -0.39 is 5.97 Å². The molecule has 2 aromatic carbocycles. The van der Waals surface area contributed by atoms with Crippen molar-refractivity contribution in [2.45, 2.75) is 25.4 Å². The molecule has 25 heavy (non-hydrogen) atoms. The lowest BCUT2D eigenvalue weighted by atomic mass is 10.2. The van der Waals surface area contributed by atoms with Crippen LogP contribution in [-0.2, 0) is 4.74 Å². The second kappa shape index (κ2) is 8.53. The molecule has 1 fully saturated rings. The van der Waals surface area contributed by atoms with Crippen LogP contribution in [0.15, 0.2) is 48.5 Å². The summed E-state index contributed by atoms with van der Waals surface area (Å²) < 4.78 is 21.3. The average molecular weight is 342 g/mol. The fraction of sp³-hybridized carbons (Fsp3) is 0.350. The predicted molar refractivity (Wildman–Crippen MR) is 93.5 cm³/mol. The molecule has 0 aromatic heterocycles. The van der Waals surface area contributed by atoms with Crippen molar-refractivity contribution in [1.82, 2.24) is 0 Å². The Labute approximate surface area is 147 Å². The Kier molecular flexibility index (Phi) is 5.90. The number of benzene rings is 2. The molecule has 0 aliphatic carbocycles. The molecule has 5 nitrogen and oxygen atoms in total. The molecule has 0 amide bonds. The van der Waals surface area contributed by atoms with Crippen LogP contribution < -0.4 is 14.2 Å². The number of rotatable bonds is 9. The number of hydrogen-bond donors (Lipinski definition) is 0. The van der Waals surface area contributed by atoms with E-state index in [0.717, 1.165) is 31.6 Å². The Bertz CT molecular complexity index is 674. The molecule has 5 heteroatoms. The van der Waals surface area contributed by atoms with E-state index >= 15 is 0 Å². The van der Waals surface area contributed by atoms with E-state index in [9.17, 15) is 4.79 Å². The summed E-state index contributed by atoms with van der Waals surface area (Å²) in [6.45, 7) is 1.58. The third kappa shape index (κ3) is 5.50. The van der Waals surface area contributed by atoms with Crippen molar-refractivity contribution in [3.05, 3.63) is 54.1 Å². The van der Waals surface area contributed by atoms with Crippen LogP contribution in [0.3, 0.4) is 0 Å². The molecular formula is C20H22O5. The molecule has 3 rings (SSSR count). The van der Waals surface area contributed by atoms with Gasteiger partial charge in [0.2, 0.25) is 0 Å². The van der Waals surface area contributed by atoms with Crippen LogP contribution in [-0.4, -0.2) is 32.4 Å². The van der Waals surface area contributed by atoms with Gasteiger partial charge in [0.1, 0.15) is 17.2 Å². The van der Waals surface area contributed by atoms with Crippen LogP contribution >= 0.6 is 0 Å². The molecule has 2 aromatic rings. The minimum Gasteiger partial charge on any atom is -0.497 e. The van der Waals surface area contributed by atoms with Crippen molar-refractivity contribution in [2.24, 2.45) is 0 Å². The largest absolute Gasteiger partial charge is 0.497 e. The van der Waals surface area contributed by atoms with Crippen molar-refractivity contribution in [1.29, 1.82) is 0 Å². The van der Waals surface area contributed by atoms with Crippen LogP contribution in [0, 0.1) is 0 Å². The van der Waals surface area contributed by atoms with Crippen LogP contribution in [0.2, 0.25) is 0 Å². The first-order valence-electron chi connectivity index (χ1n) is 8.45. The predicted octanol–water partition coefficient (Wildman–Crippen LogP) is 3.86. The van der Waals surface area contributed by atoms with Gasteiger partial charge in [0.05, 0.1) is 32.0 Å². The minimum atomic E-state index is -0.402. The molecular weight excluding hydrogens is 320 g/mol. The molecule has 0 N–H and O–H groups in total. The molecule has 1 unspecified atom stereocenters. The Morgan fingerprint density at radius 3 is 2.28 bits per heavy atom. The topological polar surface area (TPSA) is 57.3 Å². The van der Waals surface area contributed by atoms with Crippen molar-refractivity contribution in [3.8, 4) is 17.2 Å². The number of esters is 1. The molecule has 1 aliphatic heterocycles. The second-order valence-electron chi connectivity index (χ2n) is 5.89. The van der Waals surface area contributed by atoms with Crippen LogP contribution in [0.5, 0.6) is 17.2 Å². The Hall–Kier alpha value is -2.53. The Morgan fingerprint density at radius 1 is 1.00 bits per heavy atom. The zero-order chi connectivity index (χ0) is 17.5. The van der Waals surface area contributed by atoms with Gasteiger partial charge in [0.25, 0.3) is 0 Å². The quantitative estimate of drug-likeness (QED) is 0.300. The molecule has 132 valence electrons. The Morgan fingerprint density at radius 2 is 1.64 bits per heavy atom. The maximum atomic E-state index is 12.1. The summed E-state index contributed by atoms with van der Waals surface area (Å²) in [5.41, 5.74) is 0.481. The first-order valence-corrected chi connectivity index (χ1v) is 8.45. The number of carbonyl (C=O) groups excluding carboxylic acids is 1. The lowest BCUT2D eigenvalue weighted by Gasteiger charge is -2.08. The van der Waals surface area contributed by atoms with Crippen molar-refractivity contribution in [2.75, 3.05) is 20.3 Å². The first-order chi connectivity index (χ1) is 12.2. The maximum Gasteiger partial charge on any atom is 0.343 e. The molecule has 0 radical (unpaired) electrons. The van der Waals surface area contributed by atoms with Crippen LogP contribution in [0.25, 0.3) is 0 Å². The summed E-state index contributed by atoms with van der Waals surface area (Å²) in [6.07, 6.45) is 3.70. The van der Waals surface area contributed by atoms with Gasteiger partial charge in [-0.3, -0.25) is 0 Å². The summed E-state index contributed by atoms with van der Waals surface area (Å²) in [5.74, 6) is 1.54. The number of ether oxygens (including phenoxy) is 4. The number of carbonyl (C=O) groups is 1. The van der Waals surface area contributed by atoms with Crippen molar-refractivity contribution < 1.29 is 23.7 Å². The lowest BCUT2D eigenvalue weighted by molar-refractivity contribution is 0.0734. The van der Waals surface area contributed by atoms with Crippen LogP contribution in [0.1, 0.15) is 29.6 Å². The maximum absolute atomic E-state index is 12.1. The fourth-order valence-electron chi connectivity index (χ4n) is 2.40. The molecule has 0 spiro atoms. The molecule has 0 saturated carbocycles. The van der Waals surface area contributed by atoms with Gasteiger partial charge in [-0.2, -0.15) is 0 Å². The third-order valence-corrected chi connectivity index (χ3v) is 3.95. The zero-order valence-electron chi connectivity index (χ0n) is 14.3. The van der Waals surface area contributed by atoms with Gasteiger partial charge < -0.3 is 18.9 Å². The summed E-state index contributed by atoms with van der Waals surface area (Å²) in [6, 6.07) is 13.9. The van der Waals surface area contributed by atoms with E-state index in [2.05, 4.69) is 0 Å². The SMILES string of the molecule is COc1ccc(OC(=O)c2ccc(OCCCCC3CO3)cc2)cc1. The molecule has 1 saturated heterocycles. The van der Waals surface area contributed by atoms with E-state index in [1.165, 1.54) is 0 Å². The minimum absolute atomic E-state index is 0.402. The Balaban J connectivity index is 1.44. The lowest BCUT2D eigenvalue weighted by Crippen LogP contribution is -2.08. The third-order valence-electron chi connectivity index (χ3n) is 3.95. The highest BCUT2D eigenvalue weighted by atomic mass is 16.6. The number of epoxide rings is 1. The van der Waals surface area contributed by atoms with Gasteiger partial charge in [-0.25, -0.2) is 4.79 Å². The number of hydrogen-bond acceptors (Lipinski definition) is 5. The van der Waals surface area contributed by atoms with E-state index in [1.807, 2.05) is 0 Å². The van der Waals surface area contributed by atoms with Gasteiger partial charge in [0.15, 0.2) is 0 Å². The van der Waals surface area contributed by atoms with Gasteiger partial charge in [-0.15, -0.1) is 0 Å². The normalized spacial score (nSPS) is 15.5. The highest BCUT2D eigenvalue weighted by Gasteiger charge is 2.20. The first kappa shape index (κ1) is 17.3. The second-order valence-corrected chi connectivity index (χ2v) is 5.89. The summed E-state index contributed by atoms with van der Waals surface area (Å²) in [7, 11) is 1.59. The fourth-order valence-corrected chi connectivity index (χ4v) is 2.40. The van der Waals surface area contributed by atoms with E-state index in [-0.39, 0.29) is 0 Å². The van der Waals surface area contributed by atoms with Crippen molar-refractivity contribution in [3.63, 3.8) is 0 Å². The van der Waals surface area contributed by atoms with E-state index in [0.29, 0.717) is 29.8 Å². The highest BCUT2D eigenvalue weighted by molar-refractivity contribution is 5.91. The summed E-state index contributed by atoms with van der Waals surface area (Å²) in [5, 5.41) is 0. The number of unbranched alkanes of at least 4 members (excludes halogenated alkanes) is 1. The highest BCUT2D eigenvalue weighted by Crippen LogP contribution is 2.20. The van der Waals surface area contributed by atoms with E-state index in [4.69, 9.17) is 18.9 Å². The van der Waals surface area contributed by atoms with Gasteiger partial charge in [0, 0.05) is 0 Å². The standard InChI is InChI=1S/C20H22O5/c1-22-16-9-11-18(12-10-16)25-20(21)15-5-7-17(8-6-15)23-13-3-2-4-19-14-24-19/h5-12,19H,2-4,13-14H2,1H3. The average Bonchev–Trinajstić information content (AvgIpc) is 3.47.